The van der Waals surface area contributed by atoms with E-state index in [0.717, 1.165) is 12.8 Å². The van der Waals surface area contributed by atoms with Crippen molar-refractivity contribution < 1.29 is 9.84 Å². The molecule has 0 saturated heterocycles. The molecule has 0 bridgehead atoms. The molecule has 1 unspecified atom stereocenters. The molecule has 2 heteroatoms. The minimum atomic E-state index is -0.600. The van der Waals surface area contributed by atoms with Gasteiger partial charge in [-0.25, -0.2) is 0 Å². The normalized spacial score (nSPS) is 13.6. The van der Waals surface area contributed by atoms with Crippen molar-refractivity contribution in [1.82, 2.24) is 0 Å². The maximum absolute atomic E-state index is 9.62. The van der Waals surface area contributed by atoms with Crippen LogP contribution in [-0.2, 0) is 4.74 Å². The summed E-state index contributed by atoms with van der Waals surface area (Å²) in [6.07, 6.45) is 16.1. The molecule has 1 N–H and O–H groups in total. The first-order valence-corrected chi connectivity index (χ1v) is 9.29. The third-order valence-corrected chi connectivity index (χ3v) is 4.08. The molecule has 0 aliphatic carbocycles. The molecule has 0 saturated carbocycles. The van der Waals surface area contributed by atoms with Crippen LogP contribution in [-0.4, -0.2) is 23.4 Å². The lowest BCUT2D eigenvalue weighted by molar-refractivity contribution is 0.00130. The second-order valence-electron chi connectivity index (χ2n) is 7.21. The van der Waals surface area contributed by atoms with Crippen molar-refractivity contribution in [2.45, 2.75) is 116 Å². The Hall–Kier alpha value is -0.0800. The molecule has 0 spiro atoms. The molecule has 0 aromatic carbocycles. The highest BCUT2D eigenvalue weighted by atomic mass is 16.5. The van der Waals surface area contributed by atoms with E-state index in [0.29, 0.717) is 12.7 Å². The molecule has 0 rings (SSSR count). The Morgan fingerprint density at radius 1 is 0.857 bits per heavy atom. The highest BCUT2D eigenvalue weighted by Gasteiger charge is 2.12. The van der Waals surface area contributed by atoms with E-state index in [-0.39, 0.29) is 0 Å². The van der Waals surface area contributed by atoms with Crippen LogP contribution in [0.1, 0.15) is 105 Å². The molecule has 0 radical (unpaired) electrons. The third-order valence-electron chi connectivity index (χ3n) is 4.08. The number of hydrogen-bond acceptors (Lipinski definition) is 2. The molecule has 1 atom stereocenters. The topological polar surface area (TPSA) is 29.5 Å². The van der Waals surface area contributed by atoms with E-state index in [1.54, 1.807) is 0 Å². The zero-order valence-corrected chi connectivity index (χ0v) is 15.1. The molecule has 0 aromatic rings. The molecule has 21 heavy (non-hydrogen) atoms. The summed E-state index contributed by atoms with van der Waals surface area (Å²) in [5, 5.41) is 9.62. The van der Waals surface area contributed by atoms with Gasteiger partial charge in [0.1, 0.15) is 0 Å². The smallest absolute Gasteiger partial charge is 0.0613 e. The highest BCUT2D eigenvalue weighted by Crippen LogP contribution is 2.14. The van der Waals surface area contributed by atoms with E-state index in [1.165, 1.54) is 64.2 Å². The maximum Gasteiger partial charge on any atom is 0.0613 e. The first kappa shape index (κ1) is 20.9. The Balaban J connectivity index is 3.20. The lowest BCUT2D eigenvalue weighted by atomic mass is 10.0. The number of aliphatic hydroxyl groups is 1. The Morgan fingerprint density at radius 2 is 1.33 bits per heavy atom. The maximum atomic E-state index is 9.62. The van der Waals surface area contributed by atoms with Crippen LogP contribution in [0.2, 0.25) is 0 Å². The van der Waals surface area contributed by atoms with E-state index in [4.69, 9.17) is 4.74 Å². The van der Waals surface area contributed by atoms with E-state index in [1.807, 2.05) is 13.8 Å². The number of hydrogen-bond donors (Lipinski definition) is 1. The molecule has 0 aliphatic rings. The molecular weight excluding hydrogens is 260 g/mol. The SMILES string of the molecule is CCCCCCCCCCCCC(C)OCCC(C)(C)O. The van der Waals surface area contributed by atoms with E-state index >= 15 is 0 Å². The summed E-state index contributed by atoms with van der Waals surface area (Å²) in [4.78, 5) is 0. The van der Waals surface area contributed by atoms with Gasteiger partial charge in [0, 0.05) is 6.61 Å². The van der Waals surface area contributed by atoms with Crippen LogP contribution in [0.4, 0.5) is 0 Å². The predicted octanol–water partition coefficient (Wildman–Crippen LogP) is 5.86. The minimum absolute atomic E-state index is 0.335. The lowest BCUT2D eigenvalue weighted by Gasteiger charge is -2.19. The monoisotopic (exact) mass is 300 g/mol. The van der Waals surface area contributed by atoms with Crippen molar-refractivity contribution in [3.8, 4) is 0 Å². The second-order valence-corrected chi connectivity index (χ2v) is 7.21. The van der Waals surface area contributed by atoms with Crippen molar-refractivity contribution in [2.75, 3.05) is 6.61 Å². The van der Waals surface area contributed by atoms with Gasteiger partial charge in [0.15, 0.2) is 0 Å². The first-order valence-electron chi connectivity index (χ1n) is 9.29. The summed E-state index contributed by atoms with van der Waals surface area (Å²) in [5.74, 6) is 0. The van der Waals surface area contributed by atoms with Gasteiger partial charge in [0.05, 0.1) is 11.7 Å². The lowest BCUT2D eigenvalue weighted by Crippen LogP contribution is -2.22. The van der Waals surface area contributed by atoms with Crippen LogP contribution >= 0.6 is 0 Å². The summed E-state index contributed by atoms with van der Waals surface area (Å²) in [7, 11) is 0. The number of ether oxygens (including phenoxy) is 1. The Kier molecular flexibility index (Phi) is 13.5. The van der Waals surface area contributed by atoms with Crippen LogP contribution in [0.3, 0.4) is 0 Å². The van der Waals surface area contributed by atoms with Gasteiger partial charge in [0.2, 0.25) is 0 Å². The van der Waals surface area contributed by atoms with Crippen molar-refractivity contribution in [3.63, 3.8) is 0 Å². The molecular formula is C19H40O2. The Labute approximate surface area is 133 Å². The molecule has 0 heterocycles. The third kappa shape index (κ3) is 17.9. The fraction of sp³-hybridized carbons (Fsp3) is 1.00. The van der Waals surface area contributed by atoms with Crippen molar-refractivity contribution >= 4 is 0 Å². The average molecular weight is 301 g/mol. The molecule has 0 aliphatic heterocycles. The van der Waals surface area contributed by atoms with Gasteiger partial charge < -0.3 is 9.84 Å². The zero-order valence-electron chi connectivity index (χ0n) is 15.1. The van der Waals surface area contributed by atoms with Crippen LogP contribution in [0, 0.1) is 0 Å². The summed E-state index contributed by atoms with van der Waals surface area (Å²) < 4.78 is 5.74. The van der Waals surface area contributed by atoms with Crippen LogP contribution < -0.4 is 0 Å². The van der Waals surface area contributed by atoms with Gasteiger partial charge >= 0.3 is 0 Å². The van der Waals surface area contributed by atoms with E-state index in [2.05, 4.69) is 13.8 Å². The van der Waals surface area contributed by atoms with Gasteiger partial charge in [-0.05, 0) is 33.6 Å². The van der Waals surface area contributed by atoms with E-state index in [9.17, 15) is 5.11 Å². The van der Waals surface area contributed by atoms with Gasteiger partial charge in [-0.1, -0.05) is 71.1 Å². The molecule has 2 nitrogen and oxygen atoms in total. The fourth-order valence-electron chi connectivity index (χ4n) is 2.51. The summed E-state index contributed by atoms with van der Waals surface area (Å²) in [5.41, 5.74) is -0.600. The van der Waals surface area contributed by atoms with Gasteiger partial charge in [-0.15, -0.1) is 0 Å². The number of unbranched alkanes of at least 4 members (excludes halogenated alkanes) is 9. The van der Waals surface area contributed by atoms with Gasteiger partial charge in [-0.2, -0.15) is 0 Å². The van der Waals surface area contributed by atoms with Crippen molar-refractivity contribution in [1.29, 1.82) is 0 Å². The highest BCUT2D eigenvalue weighted by molar-refractivity contribution is 4.64. The zero-order chi connectivity index (χ0) is 16.0. The fourth-order valence-corrected chi connectivity index (χ4v) is 2.51. The van der Waals surface area contributed by atoms with Crippen LogP contribution in [0.15, 0.2) is 0 Å². The van der Waals surface area contributed by atoms with Crippen molar-refractivity contribution in [2.24, 2.45) is 0 Å². The summed E-state index contributed by atoms with van der Waals surface area (Å²) >= 11 is 0. The van der Waals surface area contributed by atoms with Crippen LogP contribution in [0.5, 0.6) is 0 Å². The Bertz CT molecular complexity index is 208. The van der Waals surface area contributed by atoms with Gasteiger partial charge in [0.25, 0.3) is 0 Å². The van der Waals surface area contributed by atoms with Gasteiger partial charge in [-0.3, -0.25) is 0 Å². The molecule has 0 aromatic heterocycles. The largest absolute Gasteiger partial charge is 0.390 e. The van der Waals surface area contributed by atoms with Crippen molar-refractivity contribution in [3.05, 3.63) is 0 Å². The first-order chi connectivity index (χ1) is 9.95. The molecule has 0 fully saturated rings. The Morgan fingerprint density at radius 3 is 1.81 bits per heavy atom. The van der Waals surface area contributed by atoms with Crippen LogP contribution in [0.25, 0.3) is 0 Å². The van der Waals surface area contributed by atoms with E-state index < -0.39 is 5.60 Å². The number of rotatable bonds is 15. The second kappa shape index (κ2) is 13.6. The summed E-state index contributed by atoms with van der Waals surface area (Å²) in [6.45, 7) is 8.77. The standard InChI is InChI=1S/C19H40O2/c1-5-6-7-8-9-10-11-12-13-14-15-18(2)21-17-16-19(3,4)20/h18,20H,5-17H2,1-4H3. The minimum Gasteiger partial charge on any atom is -0.390 e. The molecule has 0 amide bonds. The predicted molar refractivity (Wildman–Crippen MR) is 92.8 cm³/mol. The molecule has 128 valence electrons. The average Bonchev–Trinajstić information content (AvgIpc) is 2.39. The quantitative estimate of drug-likeness (QED) is 0.384. The summed E-state index contributed by atoms with van der Waals surface area (Å²) in [6, 6.07) is 0.